The van der Waals surface area contributed by atoms with E-state index in [4.69, 9.17) is 9.47 Å². The minimum absolute atomic E-state index is 0.128. The second-order valence-corrected chi connectivity index (χ2v) is 9.14. The van der Waals surface area contributed by atoms with Crippen molar-refractivity contribution in [3.05, 3.63) is 92.3 Å². The van der Waals surface area contributed by atoms with Crippen molar-refractivity contribution in [1.82, 2.24) is 5.32 Å². The average molecular weight is 600 g/mol. The van der Waals surface area contributed by atoms with Crippen molar-refractivity contribution in [2.45, 2.75) is 20.5 Å². The highest BCUT2D eigenvalue weighted by molar-refractivity contribution is 14.1. The normalized spacial score (nSPS) is 14.7. The van der Waals surface area contributed by atoms with E-state index in [9.17, 15) is 18.8 Å². The van der Waals surface area contributed by atoms with Crippen LogP contribution in [-0.2, 0) is 16.2 Å². The molecule has 1 heterocycles. The fourth-order valence-corrected chi connectivity index (χ4v) is 4.46. The third-order valence-corrected chi connectivity index (χ3v) is 6.08. The summed E-state index contributed by atoms with van der Waals surface area (Å²) >= 11 is 2.07. The minimum atomic E-state index is -0.807. The number of carbonyl (C=O) groups is 3. The maximum atomic E-state index is 13.5. The van der Waals surface area contributed by atoms with E-state index in [0.717, 1.165) is 10.5 Å². The Bertz CT molecular complexity index is 1390. The number of urea groups is 1. The van der Waals surface area contributed by atoms with Crippen molar-refractivity contribution in [3.8, 4) is 11.5 Å². The number of amides is 4. The van der Waals surface area contributed by atoms with Crippen LogP contribution in [0.2, 0.25) is 0 Å². The number of nitrogens with one attached hydrogen (secondary N) is 1. The van der Waals surface area contributed by atoms with Gasteiger partial charge in [-0.05, 0) is 95.6 Å². The molecule has 1 fully saturated rings. The lowest BCUT2D eigenvalue weighted by atomic mass is 10.1. The SMILES string of the molecule is CCOc1cc(/C=C2\C(=O)NC(=O)N(c3cccc(C)c3)C2=O)cc(I)c1OCc1cccc(F)c1. The van der Waals surface area contributed by atoms with Gasteiger partial charge in [0, 0.05) is 0 Å². The Morgan fingerprint density at radius 3 is 2.53 bits per heavy atom. The van der Waals surface area contributed by atoms with Gasteiger partial charge in [0.25, 0.3) is 11.8 Å². The molecule has 0 saturated carbocycles. The first-order chi connectivity index (χ1) is 17.3. The number of barbiturate groups is 1. The topological polar surface area (TPSA) is 84.9 Å². The zero-order chi connectivity index (χ0) is 25.8. The van der Waals surface area contributed by atoms with Crippen LogP contribution in [0.15, 0.2) is 66.2 Å². The van der Waals surface area contributed by atoms with Gasteiger partial charge in [0.15, 0.2) is 11.5 Å². The number of hydrogen-bond donors (Lipinski definition) is 1. The van der Waals surface area contributed by atoms with E-state index >= 15 is 0 Å². The Morgan fingerprint density at radius 1 is 1.03 bits per heavy atom. The Labute approximate surface area is 221 Å². The summed E-state index contributed by atoms with van der Waals surface area (Å²) in [7, 11) is 0. The van der Waals surface area contributed by atoms with Gasteiger partial charge in [0.1, 0.15) is 18.0 Å². The van der Waals surface area contributed by atoms with E-state index < -0.39 is 17.8 Å². The molecular formula is C27H22FIN2O5. The van der Waals surface area contributed by atoms with Crippen molar-refractivity contribution in [2.75, 3.05) is 11.5 Å². The largest absolute Gasteiger partial charge is 0.490 e. The first kappa shape index (κ1) is 25.4. The molecule has 4 rings (SSSR count). The van der Waals surface area contributed by atoms with Crippen LogP contribution >= 0.6 is 22.6 Å². The number of carbonyl (C=O) groups excluding carboxylic acids is 3. The Hall–Kier alpha value is -3.73. The number of halogens is 2. The van der Waals surface area contributed by atoms with Crippen LogP contribution in [0.3, 0.4) is 0 Å². The highest BCUT2D eigenvalue weighted by atomic mass is 127. The first-order valence-electron chi connectivity index (χ1n) is 11.1. The Morgan fingerprint density at radius 2 is 1.81 bits per heavy atom. The van der Waals surface area contributed by atoms with Gasteiger partial charge in [-0.15, -0.1) is 0 Å². The minimum Gasteiger partial charge on any atom is -0.490 e. The van der Waals surface area contributed by atoms with Crippen LogP contribution in [-0.4, -0.2) is 24.5 Å². The standard InChI is InChI=1S/C27H22FIN2O5/c1-3-35-23-14-18(13-22(29)24(23)36-15-17-7-5-8-19(28)11-17)12-21-25(32)30-27(34)31(26(21)33)20-9-4-6-16(2)10-20/h4-14H,3,15H2,1-2H3,(H,30,32,34)/b21-12+. The van der Waals surface area contributed by atoms with Crippen molar-refractivity contribution in [2.24, 2.45) is 0 Å². The van der Waals surface area contributed by atoms with Gasteiger partial charge >= 0.3 is 6.03 Å². The predicted molar refractivity (Wildman–Crippen MR) is 141 cm³/mol. The molecule has 0 unspecified atom stereocenters. The van der Waals surface area contributed by atoms with Crippen molar-refractivity contribution in [1.29, 1.82) is 0 Å². The van der Waals surface area contributed by atoms with Gasteiger partial charge in [-0.1, -0.05) is 24.3 Å². The summed E-state index contributed by atoms with van der Waals surface area (Å²) in [6.07, 6.45) is 1.41. The molecule has 1 aliphatic rings. The van der Waals surface area contributed by atoms with Crippen LogP contribution in [0.4, 0.5) is 14.9 Å². The molecule has 4 amide bonds. The lowest BCUT2D eigenvalue weighted by Gasteiger charge is -2.26. The molecule has 0 radical (unpaired) electrons. The van der Waals surface area contributed by atoms with Gasteiger partial charge < -0.3 is 9.47 Å². The van der Waals surface area contributed by atoms with E-state index in [0.29, 0.717) is 38.5 Å². The molecule has 0 aliphatic carbocycles. The molecule has 3 aromatic carbocycles. The maximum absolute atomic E-state index is 13.5. The third-order valence-electron chi connectivity index (χ3n) is 5.28. The number of aryl methyl sites for hydroxylation is 1. The zero-order valence-electron chi connectivity index (χ0n) is 19.5. The molecule has 36 heavy (non-hydrogen) atoms. The summed E-state index contributed by atoms with van der Waals surface area (Å²) < 4.78 is 25.9. The summed E-state index contributed by atoms with van der Waals surface area (Å²) in [5.41, 5.74) is 2.20. The molecular weight excluding hydrogens is 578 g/mol. The molecule has 3 aromatic rings. The molecule has 7 nitrogen and oxygen atoms in total. The van der Waals surface area contributed by atoms with E-state index in [-0.39, 0.29) is 18.0 Å². The molecule has 1 saturated heterocycles. The second-order valence-electron chi connectivity index (χ2n) is 7.98. The number of imide groups is 2. The number of anilines is 1. The van der Waals surface area contributed by atoms with Crippen LogP contribution in [0.5, 0.6) is 11.5 Å². The molecule has 0 atom stereocenters. The zero-order valence-corrected chi connectivity index (χ0v) is 21.7. The van der Waals surface area contributed by atoms with Crippen LogP contribution < -0.4 is 19.7 Å². The smallest absolute Gasteiger partial charge is 0.335 e. The number of rotatable bonds is 7. The quantitative estimate of drug-likeness (QED) is 0.224. The highest BCUT2D eigenvalue weighted by Crippen LogP contribution is 2.36. The van der Waals surface area contributed by atoms with Crippen LogP contribution in [0.1, 0.15) is 23.6 Å². The Kier molecular flexibility index (Phi) is 7.68. The molecule has 184 valence electrons. The van der Waals surface area contributed by atoms with Crippen LogP contribution in [0.25, 0.3) is 6.08 Å². The lowest BCUT2D eigenvalue weighted by molar-refractivity contribution is -0.122. The molecule has 1 N–H and O–H groups in total. The van der Waals surface area contributed by atoms with Gasteiger partial charge in [-0.25, -0.2) is 14.1 Å². The maximum Gasteiger partial charge on any atom is 0.335 e. The number of benzene rings is 3. The number of hydrogen-bond acceptors (Lipinski definition) is 5. The summed E-state index contributed by atoms with van der Waals surface area (Å²) in [6.45, 7) is 4.13. The lowest BCUT2D eigenvalue weighted by Crippen LogP contribution is -2.54. The molecule has 9 heteroatoms. The van der Waals surface area contributed by atoms with E-state index in [2.05, 4.69) is 27.9 Å². The molecule has 0 bridgehead atoms. The third kappa shape index (κ3) is 5.56. The summed E-state index contributed by atoms with van der Waals surface area (Å²) in [4.78, 5) is 39.2. The van der Waals surface area contributed by atoms with E-state index in [1.165, 1.54) is 18.2 Å². The van der Waals surface area contributed by atoms with Crippen LogP contribution in [0, 0.1) is 16.3 Å². The summed E-state index contributed by atoms with van der Waals surface area (Å²) in [5.74, 6) is -1.00. The summed E-state index contributed by atoms with van der Waals surface area (Å²) in [5, 5.41) is 2.23. The van der Waals surface area contributed by atoms with Crippen molar-refractivity contribution < 1.29 is 28.2 Å². The second kappa shape index (κ2) is 10.9. The van der Waals surface area contributed by atoms with E-state index in [1.54, 1.807) is 42.5 Å². The van der Waals surface area contributed by atoms with Crippen molar-refractivity contribution in [3.63, 3.8) is 0 Å². The predicted octanol–water partition coefficient (Wildman–Crippen LogP) is 5.38. The number of ether oxygens (including phenoxy) is 2. The Balaban J connectivity index is 1.66. The van der Waals surface area contributed by atoms with Gasteiger partial charge in [0.05, 0.1) is 15.9 Å². The van der Waals surface area contributed by atoms with Gasteiger partial charge in [0.2, 0.25) is 0 Å². The number of nitrogens with zero attached hydrogens (tertiary/aromatic N) is 1. The van der Waals surface area contributed by atoms with Gasteiger partial charge in [-0.2, -0.15) is 0 Å². The molecule has 1 aliphatic heterocycles. The highest BCUT2D eigenvalue weighted by Gasteiger charge is 2.36. The summed E-state index contributed by atoms with van der Waals surface area (Å²) in [6, 6.07) is 15.6. The first-order valence-corrected chi connectivity index (χ1v) is 12.2. The molecule has 0 spiro atoms. The average Bonchev–Trinajstić information content (AvgIpc) is 2.81. The monoisotopic (exact) mass is 600 g/mol. The van der Waals surface area contributed by atoms with Crippen molar-refractivity contribution >= 4 is 52.2 Å². The molecule has 0 aromatic heterocycles. The fraction of sp³-hybridized carbons (Fsp3) is 0.148. The van der Waals surface area contributed by atoms with Gasteiger partial charge in [-0.3, -0.25) is 14.9 Å². The van der Waals surface area contributed by atoms with E-state index in [1.807, 2.05) is 19.9 Å². The fourth-order valence-electron chi connectivity index (χ4n) is 3.68.